The van der Waals surface area contributed by atoms with Crippen LogP contribution in [0.25, 0.3) is 0 Å². The molecule has 3 heterocycles. The number of urea groups is 1. The van der Waals surface area contributed by atoms with Gasteiger partial charge in [0, 0.05) is 40.3 Å². The van der Waals surface area contributed by atoms with Crippen LogP contribution in [0.4, 0.5) is 4.79 Å². The highest BCUT2D eigenvalue weighted by molar-refractivity contribution is 7.86. The molecule has 1 spiro atoms. The highest BCUT2D eigenvalue weighted by atomic mass is 32.2. The van der Waals surface area contributed by atoms with Crippen molar-refractivity contribution >= 4 is 22.1 Å². The summed E-state index contributed by atoms with van der Waals surface area (Å²) in [5.74, 6) is -0.0993. The molecule has 3 rings (SSSR count). The molecule has 0 N–H and O–H groups in total. The number of rotatable bonds is 3. The van der Waals surface area contributed by atoms with Crippen LogP contribution in [0.5, 0.6) is 0 Å². The third-order valence-electron chi connectivity index (χ3n) is 5.42. The fraction of sp³-hybridized carbons (Fsp3) is 0.857. The van der Waals surface area contributed by atoms with Crippen LogP contribution in [-0.2, 0) is 15.0 Å². The van der Waals surface area contributed by atoms with Crippen LogP contribution in [0.3, 0.4) is 0 Å². The summed E-state index contributed by atoms with van der Waals surface area (Å²) in [5, 5.41) is 0. The quantitative estimate of drug-likeness (QED) is 0.671. The monoisotopic (exact) mass is 344 g/mol. The fourth-order valence-electron chi connectivity index (χ4n) is 3.98. The van der Waals surface area contributed by atoms with Gasteiger partial charge in [0.1, 0.15) is 6.04 Å². The van der Waals surface area contributed by atoms with Gasteiger partial charge in [-0.2, -0.15) is 17.0 Å². The van der Waals surface area contributed by atoms with Gasteiger partial charge >= 0.3 is 6.03 Å². The van der Waals surface area contributed by atoms with Gasteiger partial charge in [0.2, 0.25) is 0 Å². The lowest BCUT2D eigenvalue weighted by molar-refractivity contribution is -0.128. The predicted molar refractivity (Wildman–Crippen MR) is 83.7 cm³/mol. The highest BCUT2D eigenvalue weighted by Gasteiger charge is 2.56. The normalized spacial score (nSPS) is 28.3. The van der Waals surface area contributed by atoms with Gasteiger partial charge in [-0.25, -0.2) is 4.79 Å². The molecule has 0 aromatic rings. The molecule has 0 saturated carbocycles. The summed E-state index contributed by atoms with van der Waals surface area (Å²) in [5.41, 5.74) is -0.117. The largest absolute Gasteiger partial charge is 0.327 e. The number of carbonyl (C=O) groups is 2. The van der Waals surface area contributed by atoms with Gasteiger partial charge in [-0.1, -0.05) is 0 Å². The second-order valence-corrected chi connectivity index (χ2v) is 9.04. The number of piperidine rings is 1. The van der Waals surface area contributed by atoms with Crippen molar-refractivity contribution in [3.05, 3.63) is 0 Å². The second-order valence-electron chi connectivity index (χ2n) is 6.90. The standard InChI is InChI=1S/C14H24N4O4S/c1-4-17-12(19)11-9-14(10-18(11)13(17)20)5-7-16(8-6-14)23(21,22)15(2)3/h11H,4-10H2,1-3H3. The summed E-state index contributed by atoms with van der Waals surface area (Å²) in [6.07, 6.45) is 2.05. The zero-order valence-corrected chi connectivity index (χ0v) is 14.7. The van der Waals surface area contributed by atoms with Crippen LogP contribution in [0, 0.1) is 5.41 Å². The Morgan fingerprint density at radius 2 is 1.83 bits per heavy atom. The maximum Gasteiger partial charge on any atom is 0.327 e. The molecule has 3 amide bonds. The lowest BCUT2D eigenvalue weighted by Crippen LogP contribution is -2.48. The van der Waals surface area contributed by atoms with Crippen molar-refractivity contribution in [3.8, 4) is 0 Å². The SMILES string of the molecule is CCN1C(=O)C2CC3(CCN(S(=O)(=O)N(C)C)CC3)CN2C1=O. The molecule has 8 nitrogen and oxygen atoms in total. The van der Waals surface area contributed by atoms with Crippen LogP contribution < -0.4 is 0 Å². The first-order chi connectivity index (χ1) is 10.7. The zero-order chi connectivity index (χ0) is 17.0. The van der Waals surface area contributed by atoms with E-state index in [1.807, 2.05) is 0 Å². The Kier molecular flexibility index (Phi) is 3.93. The van der Waals surface area contributed by atoms with Crippen molar-refractivity contribution in [2.24, 2.45) is 5.41 Å². The molecule has 1 atom stereocenters. The van der Waals surface area contributed by atoms with E-state index in [1.165, 1.54) is 27.6 Å². The Hall–Kier alpha value is -1.19. The van der Waals surface area contributed by atoms with Crippen molar-refractivity contribution in [1.29, 1.82) is 0 Å². The smallest absolute Gasteiger partial charge is 0.312 e. The Balaban J connectivity index is 1.70. The number of fused-ring (bicyclic) bond motifs is 1. The molecule has 23 heavy (non-hydrogen) atoms. The first-order valence-electron chi connectivity index (χ1n) is 8.01. The molecule has 0 bridgehead atoms. The molecule has 9 heteroatoms. The molecule has 1 unspecified atom stereocenters. The molecule has 0 aliphatic carbocycles. The molecular formula is C14H24N4O4S. The van der Waals surface area contributed by atoms with Crippen molar-refractivity contribution in [2.75, 3.05) is 40.3 Å². The summed E-state index contributed by atoms with van der Waals surface area (Å²) < 4.78 is 27.1. The summed E-state index contributed by atoms with van der Waals surface area (Å²) in [7, 11) is -0.329. The van der Waals surface area contributed by atoms with Crippen LogP contribution in [0.2, 0.25) is 0 Å². The van der Waals surface area contributed by atoms with Crippen molar-refractivity contribution in [2.45, 2.75) is 32.2 Å². The van der Waals surface area contributed by atoms with E-state index < -0.39 is 10.2 Å². The van der Waals surface area contributed by atoms with Gasteiger partial charge in [-0.3, -0.25) is 9.69 Å². The number of hydrogen-bond donors (Lipinski definition) is 0. The maximum atomic E-state index is 12.3. The van der Waals surface area contributed by atoms with Crippen molar-refractivity contribution in [3.63, 3.8) is 0 Å². The minimum atomic E-state index is -3.39. The average molecular weight is 344 g/mol. The van der Waals surface area contributed by atoms with Gasteiger partial charge < -0.3 is 4.90 Å². The Morgan fingerprint density at radius 3 is 2.30 bits per heavy atom. The summed E-state index contributed by atoms with van der Waals surface area (Å²) in [4.78, 5) is 27.6. The van der Waals surface area contributed by atoms with E-state index >= 15 is 0 Å². The number of likely N-dealkylation sites (N-methyl/N-ethyl adjacent to an activating group) is 1. The fourth-order valence-corrected chi connectivity index (χ4v) is 5.09. The summed E-state index contributed by atoms with van der Waals surface area (Å²) in [6, 6.07) is -0.540. The van der Waals surface area contributed by atoms with E-state index in [1.54, 1.807) is 11.8 Å². The number of amides is 3. The van der Waals surface area contributed by atoms with E-state index in [9.17, 15) is 18.0 Å². The minimum Gasteiger partial charge on any atom is -0.312 e. The number of hydrogen-bond acceptors (Lipinski definition) is 4. The topological polar surface area (TPSA) is 81.2 Å². The van der Waals surface area contributed by atoms with Crippen LogP contribution in [0.15, 0.2) is 0 Å². The molecule has 0 aromatic heterocycles. The van der Waals surface area contributed by atoms with E-state index in [-0.39, 0.29) is 23.4 Å². The first-order valence-corrected chi connectivity index (χ1v) is 9.41. The number of imide groups is 1. The molecular weight excluding hydrogens is 320 g/mol. The van der Waals surface area contributed by atoms with Gasteiger partial charge in [0.15, 0.2) is 0 Å². The molecule has 3 aliphatic rings. The molecule has 0 radical (unpaired) electrons. The molecule has 3 fully saturated rings. The van der Waals surface area contributed by atoms with Crippen molar-refractivity contribution < 1.29 is 18.0 Å². The third kappa shape index (κ3) is 2.45. The average Bonchev–Trinajstić information content (AvgIpc) is 2.96. The van der Waals surface area contributed by atoms with Crippen LogP contribution >= 0.6 is 0 Å². The Bertz CT molecular complexity index is 599. The molecule has 3 aliphatic heterocycles. The first kappa shape index (κ1) is 16.7. The van der Waals surface area contributed by atoms with Gasteiger partial charge in [0.05, 0.1) is 0 Å². The van der Waals surface area contributed by atoms with Gasteiger partial charge in [-0.05, 0) is 31.6 Å². The number of nitrogens with zero attached hydrogens (tertiary/aromatic N) is 4. The maximum absolute atomic E-state index is 12.3. The summed E-state index contributed by atoms with van der Waals surface area (Å²) in [6.45, 7) is 3.67. The molecule has 130 valence electrons. The van der Waals surface area contributed by atoms with Crippen molar-refractivity contribution in [1.82, 2.24) is 18.4 Å². The van der Waals surface area contributed by atoms with E-state index in [2.05, 4.69) is 0 Å². The molecule has 3 saturated heterocycles. The van der Waals surface area contributed by atoms with E-state index in [4.69, 9.17) is 0 Å². The highest BCUT2D eigenvalue weighted by Crippen LogP contribution is 2.46. The van der Waals surface area contributed by atoms with Gasteiger partial charge in [0.25, 0.3) is 16.1 Å². The van der Waals surface area contributed by atoms with Crippen LogP contribution in [-0.4, -0.2) is 85.1 Å². The Labute approximate surface area is 137 Å². The third-order valence-corrected chi connectivity index (χ3v) is 7.36. The lowest BCUT2D eigenvalue weighted by atomic mass is 9.77. The van der Waals surface area contributed by atoms with Gasteiger partial charge in [-0.15, -0.1) is 0 Å². The van der Waals surface area contributed by atoms with E-state index in [0.717, 1.165) is 0 Å². The summed E-state index contributed by atoms with van der Waals surface area (Å²) >= 11 is 0. The second kappa shape index (κ2) is 5.42. The molecule has 0 aromatic carbocycles. The lowest BCUT2D eigenvalue weighted by Gasteiger charge is -2.39. The zero-order valence-electron chi connectivity index (χ0n) is 13.9. The van der Waals surface area contributed by atoms with Crippen LogP contribution in [0.1, 0.15) is 26.2 Å². The minimum absolute atomic E-state index is 0.0993. The van der Waals surface area contributed by atoms with E-state index in [0.29, 0.717) is 45.4 Å². The predicted octanol–water partition coefficient (Wildman–Crippen LogP) is -0.0686. The number of carbonyl (C=O) groups excluding carboxylic acids is 2. The Morgan fingerprint density at radius 1 is 1.22 bits per heavy atom.